The van der Waals surface area contributed by atoms with E-state index >= 15 is 0 Å². The van der Waals surface area contributed by atoms with Crippen molar-refractivity contribution in [2.24, 2.45) is 11.5 Å². The van der Waals surface area contributed by atoms with Crippen molar-refractivity contribution >= 4 is 11.9 Å². The van der Waals surface area contributed by atoms with Crippen LogP contribution >= 0.6 is 0 Å². The highest BCUT2D eigenvalue weighted by molar-refractivity contribution is 5.72. The van der Waals surface area contributed by atoms with Crippen LogP contribution in [-0.2, 0) is 9.59 Å². The average Bonchev–Trinajstić information content (AvgIpc) is 2.16. The number of carboxylic acids is 2. The third kappa shape index (κ3) is 15.6. The Labute approximate surface area is 89.3 Å². The third-order valence-corrected chi connectivity index (χ3v) is 1.51. The van der Waals surface area contributed by atoms with Gasteiger partial charge in [-0.25, -0.2) is 0 Å². The lowest BCUT2D eigenvalue weighted by Crippen LogP contribution is -2.29. The number of nitrogens with two attached hydrogens (primary N) is 2. The summed E-state index contributed by atoms with van der Waals surface area (Å²) in [7, 11) is 0. The highest BCUT2D eigenvalue weighted by Crippen LogP contribution is 1.91. The molecule has 0 saturated heterocycles. The Morgan fingerprint density at radius 1 is 1.33 bits per heavy atom. The van der Waals surface area contributed by atoms with E-state index in [1.54, 1.807) is 0 Å². The van der Waals surface area contributed by atoms with E-state index in [0.29, 0.717) is 19.4 Å². The van der Waals surface area contributed by atoms with E-state index in [1.165, 1.54) is 0 Å². The Bertz CT molecular complexity index is 185. The summed E-state index contributed by atoms with van der Waals surface area (Å²) in [5, 5.41) is 16.2. The van der Waals surface area contributed by atoms with Crippen LogP contribution in [0.25, 0.3) is 0 Å². The van der Waals surface area contributed by atoms with Crippen molar-refractivity contribution in [1.29, 1.82) is 0 Å². The molecule has 90 valence electrons. The van der Waals surface area contributed by atoms with Crippen LogP contribution in [-0.4, -0.2) is 34.7 Å². The predicted molar refractivity (Wildman–Crippen MR) is 56.4 cm³/mol. The van der Waals surface area contributed by atoms with Crippen LogP contribution in [0.2, 0.25) is 0 Å². The summed E-state index contributed by atoms with van der Waals surface area (Å²) in [5.74, 6) is -1.68. The van der Waals surface area contributed by atoms with E-state index in [4.69, 9.17) is 21.7 Å². The minimum Gasteiger partial charge on any atom is -0.481 e. The van der Waals surface area contributed by atoms with Crippen molar-refractivity contribution in [3.05, 3.63) is 0 Å². The summed E-state index contributed by atoms with van der Waals surface area (Å²) in [6.45, 7) is 2.37. The Balaban J connectivity index is 0. The Morgan fingerprint density at radius 2 is 1.87 bits per heavy atom. The molecule has 0 aliphatic carbocycles. The fourth-order valence-corrected chi connectivity index (χ4v) is 0.688. The van der Waals surface area contributed by atoms with Crippen molar-refractivity contribution in [2.75, 3.05) is 6.54 Å². The lowest BCUT2D eigenvalue weighted by Gasteiger charge is -2.00. The maximum atomic E-state index is 9.96. The van der Waals surface area contributed by atoms with Gasteiger partial charge in [-0.05, 0) is 19.4 Å². The summed E-state index contributed by atoms with van der Waals surface area (Å²) in [6.07, 6.45) is 2.16. The SMILES string of the molecule is CCCC(N)C(=O)O.NCCCC(=O)O. The molecule has 6 nitrogen and oxygen atoms in total. The number of aliphatic carboxylic acids is 2. The van der Waals surface area contributed by atoms with E-state index in [0.717, 1.165) is 6.42 Å². The van der Waals surface area contributed by atoms with Crippen LogP contribution in [0.5, 0.6) is 0 Å². The second-order valence-electron chi connectivity index (χ2n) is 3.02. The lowest BCUT2D eigenvalue weighted by atomic mass is 10.2. The molecule has 0 amide bonds. The summed E-state index contributed by atoms with van der Waals surface area (Å²) in [6, 6.07) is -0.667. The first-order valence-electron chi connectivity index (χ1n) is 4.85. The van der Waals surface area contributed by atoms with Gasteiger partial charge in [-0.3, -0.25) is 9.59 Å². The molecule has 0 aromatic rings. The molecule has 0 spiro atoms. The van der Waals surface area contributed by atoms with Crippen molar-refractivity contribution < 1.29 is 19.8 Å². The van der Waals surface area contributed by atoms with Gasteiger partial charge in [-0.1, -0.05) is 13.3 Å². The zero-order valence-electron chi connectivity index (χ0n) is 8.98. The molecule has 0 aromatic carbocycles. The molecule has 0 aliphatic heterocycles. The van der Waals surface area contributed by atoms with Gasteiger partial charge in [-0.15, -0.1) is 0 Å². The van der Waals surface area contributed by atoms with Crippen LogP contribution in [0, 0.1) is 0 Å². The first kappa shape index (κ1) is 16.3. The van der Waals surface area contributed by atoms with E-state index in [-0.39, 0.29) is 6.42 Å². The van der Waals surface area contributed by atoms with Gasteiger partial charge in [0.25, 0.3) is 0 Å². The maximum Gasteiger partial charge on any atom is 0.320 e. The summed E-state index contributed by atoms with van der Waals surface area (Å²) >= 11 is 0. The van der Waals surface area contributed by atoms with Gasteiger partial charge in [0.05, 0.1) is 0 Å². The van der Waals surface area contributed by atoms with Gasteiger partial charge >= 0.3 is 11.9 Å². The largest absolute Gasteiger partial charge is 0.481 e. The second-order valence-corrected chi connectivity index (χ2v) is 3.02. The summed E-state index contributed by atoms with van der Waals surface area (Å²) < 4.78 is 0. The Kier molecular flexibility index (Phi) is 11.9. The first-order valence-corrected chi connectivity index (χ1v) is 4.85. The monoisotopic (exact) mass is 220 g/mol. The van der Waals surface area contributed by atoms with Gasteiger partial charge in [-0.2, -0.15) is 0 Å². The molecular weight excluding hydrogens is 200 g/mol. The highest BCUT2D eigenvalue weighted by Gasteiger charge is 2.07. The first-order chi connectivity index (χ1) is 6.95. The molecule has 0 aliphatic rings. The molecule has 0 rings (SSSR count). The zero-order chi connectivity index (χ0) is 12.3. The lowest BCUT2D eigenvalue weighted by molar-refractivity contribution is -0.139. The van der Waals surface area contributed by atoms with Crippen molar-refractivity contribution in [1.82, 2.24) is 0 Å². The number of hydrogen-bond acceptors (Lipinski definition) is 4. The minimum atomic E-state index is -0.910. The van der Waals surface area contributed by atoms with Gasteiger partial charge in [0.2, 0.25) is 0 Å². The molecular formula is C9H20N2O4. The van der Waals surface area contributed by atoms with E-state index in [9.17, 15) is 9.59 Å². The third-order valence-electron chi connectivity index (χ3n) is 1.51. The average molecular weight is 220 g/mol. The number of rotatable bonds is 6. The molecule has 1 atom stereocenters. The molecule has 6 N–H and O–H groups in total. The highest BCUT2D eigenvalue weighted by atomic mass is 16.4. The topological polar surface area (TPSA) is 127 Å². The molecule has 6 heteroatoms. The molecule has 0 saturated carbocycles. The van der Waals surface area contributed by atoms with E-state index in [1.807, 2.05) is 6.92 Å². The van der Waals surface area contributed by atoms with Crippen molar-refractivity contribution in [2.45, 2.75) is 38.6 Å². The molecule has 0 aromatic heterocycles. The fraction of sp³-hybridized carbons (Fsp3) is 0.778. The van der Waals surface area contributed by atoms with Crippen molar-refractivity contribution in [3.8, 4) is 0 Å². The van der Waals surface area contributed by atoms with Crippen LogP contribution in [0.3, 0.4) is 0 Å². The standard InChI is InChI=1S/C5H11NO2.C4H9NO2/c1-2-3-4(6)5(7)8;5-3-1-2-4(6)7/h4H,2-3,6H2,1H3,(H,7,8);1-3,5H2,(H,6,7). The number of carboxylic acid groups (broad SMARTS) is 2. The normalized spacial score (nSPS) is 11.1. The van der Waals surface area contributed by atoms with Crippen LogP contribution in [0.15, 0.2) is 0 Å². The van der Waals surface area contributed by atoms with Gasteiger partial charge in [0, 0.05) is 6.42 Å². The molecule has 0 bridgehead atoms. The summed E-state index contributed by atoms with van der Waals surface area (Å²) in [4.78, 5) is 19.7. The van der Waals surface area contributed by atoms with E-state index < -0.39 is 18.0 Å². The minimum absolute atomic E-state index is 0.191. The molecule has 0 fully saturated rings. The van der Waals surface area contributed by atoms with Gasteiger partial charge in [0.15, 0.2) is 0 Å². The number of carbonyl (C=O) groups is 2. The second kappa shape index (κ2) is 10.9. The Morgan fingerprint density at radius 3 is 2.00 bits per heavy atom. The van der Waals surface area contributed by atoms with Crippen LogP contribution in [0.4, 0.5) is 0 Å². The molecule has 15 heavy (non-hydrogen) atoms. The predicted octanol–water partition coefficient (Wildman–Crippen LogP) is 0.00830. The molecule has 0 radical (unpaired) electrons. The van der Waals surface area contributed by atoms with Crippen molar-refractivity contribution in [3.63, 3.8) is 0 Å². The van der Waals surface area contributed by atoms with Crippen LogP contribution in [0.1, 0.15) is 32.6 Å². The van der Waals surface area contributed by atoms with E-state index in [2.05, 4.69) is 0 Å². The quantitative estimate of drug-likeness (QED) is 0.499. The number of hydrogen-bond donors (Lipinski definition) is 4. The summed E-state index contributed by atoms with van der Waals surface area (Å²) in [5.41, 5.74) is 10.1. The smallest absolute Gasteiger partial charge is 0.320 e. The Hall–Kier alpha value is -1.14. The van der Waals surface area contributed by atoms with Crippen LogP contribution < -0.4 is 11.5 Å². The molecule has 1 unspecified atom stereocenters. The zero-order valence-corrected chi connectivity index (χ0v) is 8.98. The van der Waals surface area contributed by atoms with Gasteiger partial charge < -0.3 is 21.7 Å². The van der Waals surface area contributed by atoms with Gasteiger partial charge in [0.1, 0.15) is 6.04 Å². The maximum absolute atomic E-state index is 9.96. The fourth-order valence-electron chi connectivity index (χ4n) is 0.688. The molecule has 0 heterocycles.